The molecular weight excluding hydrogens is 248 g/mol. The van der Waals surface area contributed by atoms with E-state index in [0.29, 0.717) is 4.88 Å². The normalized spacial score (nSPS) is 11.8. The van der Waals surface area contributed by atoms with E-state index in [0.717, 1.165) is 10.8 Å². The second kappa shape index (κ2) is 5.41. The summed E-state index contributed by atoms with van der Waals surface area (Å²) in [6.07, 6.45) is 4.55. The minimum absolute atomic E-state index is 0.0464. The molecule has 5 nitrogen and oxygen atoms in total. The highest BCUT2D eigenvalue weighted by atomic mass is 32.1. The van der Waals surface area contributed by atoms with Crippen LogP contribution in [0, 0.1) is 12.3 Å². The lowest BCUT2D eigenvalue weighted by Crippen LogP contribution is -2.38. The molecule has 1 N–H and O–H groups in total. The van der Waals surface area contributed by atoms with Crippen molar-refractivity contribution in [3.05, 3.63) is 22.8 Å². The number of rotatable bonds is 5. The van der Waals surface area contributed by atoms with Crippen LogP contribution >= 0.6 is 11.3 Å². The second-order valence-electron chi connectivity index (χ2n) is 4.72. The van der Waals surface area contributed by atoms with Gasteiger partial charge in [0.05, 0.1) is 19.8 Å². The van der Waals surface area contributed by atoms with Crippen molar-refractivity contribution in [2.75, 3.05) is 28.2 Å². The highest BCUT2D eigenvalue weighted by Gasteiger charge is 2.24. The molecule has 1 aromatic heterocycles. The number of quaternary nitrogens is 1. The van der Waals surface area contributed by atoms with Gasteiger partial charge in [-0.3, -0.25) is 10.2 Å². The van der Waals surface area contributed by atoms with Crippen LogP contribution in [0.4, 0.5) is 5.13 Å². The van der Waals surface area contributed by atoms with E-state index in [9.17, 15) is 4.79 Å². The Hall–Kier alpha value is -1.53. The molecule has 1 aromatic rings. The Labute approximate surface area is 111 Å². The lowest BCUT2D eigenvalue weighted by atomic mass is 10.3. The van der Waals surface area contributed by atoms with Gasteiger partial charge in [0.25, 0.3) is 5.13 Å². The van der Waals surface area contributed by atoms with Gasteiger partial charge in [-0.15, -0.1) is 0 Å². The van der Waals surface area contributed by atoms with Crippen LogP contribution in [0.2, 0.25) is 0 Å². The van der Waals surface area contributed by atoms with E-state index in [1.54, 1.807) is 6.20 Å². The first kappa shape index (κ1) is 14.5. The molecule has 0 atom stereocenters. The van der Waals surface area contributed by atoms with Crippen LogP contribution in [-0.4, -0.2) is 50.2 Å². The molecule has 0 radical (unpaired) electrons. The fourth-order valence-electron chi connectivity index (χ4n) is 1.20. The Morgan fingerprint density at radius 1 is 1.44 bits per heavy atom. The Balaban J connectivity index is 3.06. The van der Waals surface area contributed by atoms with Gasteiger partial charge in [0.15, 0.2) is 12.1 Å². The molecule has 0 spiro atoms. The summed E-state index contributed by atoms with van der Waals surface area (Å²) in [4.78, 5) is 18.8. The molecule has 0 unspecified atom stereocenters. The topological polar surface area (TPSA) is 57.1 Å². The summed E-state index contributed by atoms with van der Waals surface area (Å²) in [6.45, 7) is 1.82. The lowest BCUT2D eigenvalue weighted by Gasteiger charge is -2.17. The predicted octanol–water partition coefficient (Wildman–Crippen LogP) is 1.88. The number of hydrogen-bond acceptors (Lipinski definition) is 5. The molecule has 6 heteroatoms. The molecule has 0 aliphatic heterocycles. The number of ketones is 1. The lowest BCUT2D eigenvalue weighted by molar-refractivity contribution is 0.104. The van der Waals surface area contributed by atoms with Crippen LogP contribution in [0.25, 0.3) is 0 Å². The van der Waals surface area contributed by atoms with Gasteiger partial charge in [-0.1, -0.05) is 11.3 Å². The number of hydrogen-bond donors (Lipinski definition) is 1. The largest absolute Gasteiger partial charge is 0.383 e. The van der Waals surface area contributed by atoms with Crippen molar-refractivity contribution in [3.63, 3.8) is 0 Å². The maximum atomic E-state index is 12.0. The summed E-state index contributed by atoms with van der Waals surface area (Å²) < 4.78 is 0.246. The molecule has 1 heterocycles. The molecule has 0 bridgehead atoms. The molecule has 0 saturated carbocycles. The Morgan fingerprint density at radius 3 is 2.56 bits per heavy atom. The summed E-state index contributed by atoms with van der Waals surface area (Å²) in [7, 11) is 7.44. The average molecular weight is 267 g/mol. The quantitative estimate of drug-likeness (QED) is 0.291. The first-order valence-corrected chi connectivity index (χ1v) is 6.32. The van der Waals surface area contributed by atoms with Gasteiger partial charge in [-0.05, 0) is 6.92 Å². The van der Waals surface area contributed by atoms with Crippen LogP contribution in [0.1, 0.15) is 15.4 Å². The van der Waals surface area contributed by atoms with Gasteiger partial charge in [0, 0.05) is 26.4 Å². The van der Waals surface area contributed by atoms with Crippen molar-refractivity contribution in [1.82, 2.24) is 14.4 Å². The van der Waals surface area contributed by atoms with E-state index in [4.69, 9.17) is 5.41 Å². The first-order valence-electron chi connectivity index (χ1n) is 5.50. The summed E-state index contributed by atoms with van der Waals surface area (Å²) >= 11 is 1.34. The first-order chi connectivity index (χ1) is 8.27. The van der Waals surface area contributed by atoms with Gasteiger partial charge in [-0.25, -0.2) is 4.48 Å². The molecule has 0 amide bonds. The third kappa shape index (κ3) is 3.24. The predicted molar refractivity (Wildman–Crippen MR) is 76.4 cm³/mol. The number of carbonyl (C=O) groups excluding carboxylic acids is 1. The fraction of sp³-hybridized carbons (Fsp3) is 0.417. The Morgan fingerprint density at radius 2 is 2.06 bits per heavy atom. The summed E-state index contributed by atoms with van der Waals surface area (Å²) in [5.74, 6) is -0.0464. The Bertz CT molecular complexity index is 488. The van der Waals surface area contributed by atoms with Crippen molar-refractivity contribution in [3.8, 4) is 0 Å². The fourth-order valence-corrected chi connectivity index (χ4v) is 2.22. The zero-order valence-corrected chi connectivity index (χ0v) is 12.2. The SMILES string of the molecule is Cc1nc([N+](C)(C)C=N)sc1C(=O)C=CN(C)C. The molecule has 1 rings (SSSR count). The maximum absolute atomic E-state index is 12.0. The van der Waals surface area contributed by atoms with Crippen molar-refractivity contribution in [1.29, 1.82) is 5.41 Å². The molecule has 0 saturated heterocycles. The van der Waals surface area contributed by atoms with Crippen molar-refractivity contribution < 1.29 is 4.79 Å². The highest BCUT2D eigenvalue weighted by Crippen LogP contribution is 2.28. The minimum Gasteiger partial charge on any atom is -0.383 e. The van der Waals surface area contributed by atoms with Crippen molar-refractivity contribution in [2.45, 2.75) is 6.92 Å². The zero-order valence-electron chi connectivity index (χ0n) is 11.4. The van der Waals surface area contributed by atoms with Gasteiger partial charge in [0.1, 0.15) is 4.88 Å². The highest BCUT2D eigenvalue weighted by molar-refractivity contribution is 7.17. The molecule has 18 heavy (non-hydrogen) atoms. The summed E-state index contributed by atoms with van der Waals surface area (Å²) in [5, 5.41) is 8.12. The number of aryl methyl sites for hydroxylation is 1. The van der Waals surface area contributed by atoms with Crippen LogP contribution in [0.5, 0.6) is 0 Å². The molecule has 0 aliphatic rings. The molecule has 0 fully saturated rings. The molecule has 98 valence electrons. The molecule has 0 aromatic carbocycles. The standard InChI is InChI=1S/C12H19N4OS/c1-9-11(10(17)6-7-15(2)3)18-12(14-9)16(4,5)8-13/h6-8,13H,1-5H3/q+1. The van der Waals surface area contributed by atoms with Crippen molar-refractivity contribution in [2.24, 2.45) is 0 Å². The number of nitrogens with zero attached hydrogens (tertiary/aromatic N) is 3. The van der Waals surface area contributed by atoms with Crippen LogP contribution < -0.4 is 4.48 Å². The molecule has 0 aliphatic carbocycles. The van der Waals surface area contributed by atoms with E-state index in [-0.39, 0.29) is 10.3 Å². The van der Waals surface area contributed by atoms with Crippen LogP contribution in [0.15, 0.2) is 12.3 Å². The van der Waals surface area contributed by atoms with E-state index in [1.165, 1.54) is 23.8 Å². The average Bonchev–Trinajstić information content (AvgIpc) is 2.69. The van der Waals surface area contributed by atoms with E-state index in [1.807, 2.05) is 40.0 Å². The number of nitrogens with one attached hydrogen (secondary N) is 1. The van der Waals surface area contributed by atoms with Gasteiger partial charge in [-0.2, -0.15) is 4.98 Å². The van der Waals surface area contributed by atoms with E-state index < -0.39 is 0 Å². The smallest absolute Gasteiger partial charge is 0.292 e. The Kier molecular flexibility index (Phi) is 4.37. The number of allylic oxidation sites excluding steroid dienone is 1. The third-order valence-electron chi connectivity index (χ3n) is 2.35. The van der Waals surface area contributed by atoms with Crippen molar-refractivity contribution >= 4 is 28.6 Å². The molecular formula is C12H19N4OS+. The van der Waals surface area contributed by atoms with Gasteiger partial charge >= 0.3 is 0 Å². The van der Waals surface area contributed by atoms with E-state index in [2.05, 4.69) is 4.98 Å². The maximum Gasteiger partial charge on any atom is 0.292 e. The number of thiazole rings is 1. The zero-order chi connectivity index (χ0) is 13.9. The summed E-state index contributed by atoms with van der Waals surface area (Å²) in [6, 6.07) is 0. The number of aromatic nitrogens is 1. The van der Waals surface area contributed by atoms with Gasteiger partial charge < -0.3 is 4.90 Å². The number of carbonyl (C=O) groups is 1. The van der Waals surface area contributed by atoms with Crippen LogP contribution in [0.3, 0.4) is 0 Å². The van der Waals surface area contributed by atoms with Crippen LogP contribution in [-0.2, 0) is 0 Å². The minimum atomic E-state index is -0.0464. The third-order valence-corrected chi connectivity index (χ3v) is 3.79. The monoisotopic (exact) mass is 267 g/mol. The summed E-state index contributed by atoms with van der Waals surface area (Å²) in [5.41, 5.74) is 0.719. The van der Waals surface area contributed by atoms with E-state index >= 15 is 0 Å². The van der Waals surface area contributed by atoms with Gasteiger partial charge in [0.2, 0.25) is 0 Å². The second-order valence-corrected chi connectivity index (χ2v) is 5.70.